The largest absolute Gasteiger partial charge is 0.338 e. The molecule has 1 aromatic carbocycles. The Bertz CT molecular complexity index is 860. The number of halogens is 1. The molecule has 0 saturated heterocycles. The summed E-state index contributed by atoms with van der Waals surface area (Å²) in [5, 5.41) is 5.03. The Labute approximate surface area is 150 Å². The summed E-state index contributed by atoms with van der Waals surface area (Å²) in [6, 6.07) is 6.77. The van der Waals surface area contributed by atoms with Crippen LogP contribution in [0.25, 0.3) is 0 Å². The molecule has 0 aliphatic carbocycles. The zero-order chi connectivity index (χ0) is 18.0. The van der Waals surface area contributed by atoms with Gasteiger partial charge >= 0.3 is 0 Å². The van der Waals surface area contributed by atoms with Crippen LogP contribution in [0.2, 0.25) is 0 Å². The van der Waals surface area contributed by atoms with Crippen LogP contribution >= 0.6 is 11.3 Å². The maximum Gasteiger partial charge on any atom is 0.240 e. The summed E-state index contributed by atoms with van der Waals surface area (Å²) in [5.41, 5.74) is 1.64. The molecule has 2 heterocycles. The Morgan fingerprint density at radius 2 is 2.00 bits per heavy atom. The van der Waals surface area contributed by atoms with Gasteiger partial charge in [-0.3, -0.25) is 4.90 Å². The third kappa shape index (κ3) is 4.11. The number of hydrogen-bond acceptors (Lipinski definition) is 6. The molecule has 0 radical (unpaired) electrons. The van der Waals surface area contributed by atoms with E-state index in [9.17, 15) is 4.39 Å². The Morgan fingerprint density at radius 1 is 1.24 bits per heavy atom. The minimum Gasteiger partial charge on any atom is -0.338 e. The zero-order valence-corrected chi connectivity index (χ0v) is 15.6. The molecule has 0 saturated carbocycles. The summed E-state index contributed by atoms with van der Waals surface area (Å²) in [6.45, 7) is 6.73. The van der Waals surface area contributed by atoms with Gasteiger partial charge in [-0.2, -0.15) is 4.98 Å². The highest BCUT2D eigenvalue weighted by Crippen LogP contribution is 2.26. The summed E-state index contributed by atoms with van der Waals surface area (Å²) in [4.78, 5) is 12.3. The average molecular weight is 360 g/mol. The van der Waals surface area contributed by atoms with Crippen LogP contribution < -0.4 is 0 Å². The quantitative estimate of drug-likeness (QED) is 0.663. The van der Waals surface area contributed by atoms with Crippen LogP contribution in [0.1, 0.15) is 45.8 Å². The predicted molar refractivity (Wildman–Crippen MR) is 95.0 cm³/mol. The van der Waals surface area contributed by atoms with Crippen LogP contribution in [0.4, 0.5) is 4.39 Å². The number of aryl methyl sites for hydroxylation is 2. The van der Waals surface area contributed by atoms with Gasteiger partial charge in [0.05, 0.1) is 23.3 Å². The van der Waals surface area contributed by atoms with E-state index in [0.29, 0.717) is 30.2 Å². The number of hydrogen-bond donors (Lipinski definition) is 0. The van der Waals surface area contributed by atoms with Crippen LogP contribution in [-0.2, 0) is 13.0 Å². The first kappa shape index (κ1) is 17.7. The van der Waals surface area contributed by atoms with Crippen LogP contribution in [0.15, 0.2) is 28.8 Å². The van der Waals surface area contributed by atoms with E-state index in [1.54, 1.807) is 29.5 Å². The maximum atomic E-state index is 13.7. The summed E-state index contributed by atoms with van der Waals surface area (Å²) in [5.74, 6) is 0.751. The molecule has 0 fully saturated rings. The zero-order valence-electron chi connectivity index (χ0n) is 14.8. The van der Waals surface area contributed by atoms with E-state index in [4.69, 9.17) is 4.52 Å². The molecule has 0 N–H and O–H groups in total. The third-order valence-electron chi connectivity index (χ3n) is 4.20. The van der Waals surface area contributed by atoms with Gasteiger partial charge in [-0.1, -0.05) is 23.4 Å². The number of aromatic nitrogens is 3. The van der Waals surface area contributed by atoms with Crippen molar-refractivity contribution in [3.05, 3.63) is 62.9 Å². The van der Waals surface area contributed by atoms with Gasteiger partial charge in [0.25, 0.3) is 0 Å². The van der Waals surface area contributed by atoms with E-state index in [0.717, 1.165) is 10.7 Å². The Hall–Kier alpha value is -2.12. The molecular weight excluding hydrogens is 339 g/mol. The molecule has 25 heavy (non-hydrogen) atoms. The topological polar surface area (TPSA) is 55.1 Å². The molecular formula is C18H21FN4OS. The standard InChI is InChI=1S/C18H21FN4OS/c1-11(18-12(2)25-13(3)20-18)23(4)10-17-21-16(22-24-17)9-14-7-5-6-8-15(14)19/h5-8,11H,9-10H2,1-4H3/t11-/m1/s1. The van der Waals surface area contributed by atoms with Crippen molar-refractivity contribution in [2.75, 3.05) is 7.05 Å². The van der Waals surface area contributed by atoms with Gasteiger partial charge < -0.3 is 4.52 Å². The van der Waals surface area contributed by atoms with Crippen LogP contribution in [-0.4, -0.2) is 27.1 Å². The lowest BCUT2D eigenvalue weighted by Crippen LogP contribution is -2.23. The fourth-order valence-electron chi connectivity index (χ4n) is 2.73. The van der Waals surface area contributed by atoms with Gasteiger partial charge in [-0.05, 0) is 39.4 Å². The monoisotopic (exact) mass is 360 g/mol. The molecule has 0 aliphatic rings. The molecule has 0 amide bonds. The second kappa shape index (κ2) is 7.41. The summed E-state index contributed by atoms with van der Waals surface area (Å²) in [7, 11) is 2.00. The van der Waals surface area contributed by atoms with Crippen molar-refractivity contribution in [2.45, 2.75) is 39.8 Å². The van der Waals surface area contributed by atoms with Crippen molar-refractivity contribution in [2.24, 2.45) is 0 Å². The SMILES string of the molecule is Cc1nc([C@@H](C)N(C)Cc2nc(Cc3ccccc3F)no2)c(C)s1. The second-order valence-corrected chi connectivity index (χ2v) is 7.55. The minimum atomic E-state index is -0.256. The molecule has 3 aromatic rings. The van der Waals surface area contributed by atoms with Crippen molar-refractivity contribution in [1.29, 1.82) is 0 Å². The first-order valence-corrected chi connectivity index (χ1v) is 8.94. The third-order valence-corrected chi connectivity index (χ3v) is 5.10. The lowest BCUT2D eigenvalue weighted by Gasteiger charge is -2.22. The molecule has 5 nitrogen and oxygen atoms in total. The molecule has 3 rings (SSSR count). The van der Waals surface area contributed by atoms with E-state index in [-0.39, 0.29) is 11.9 Å². The molecule has 132 valence electrons. The number of thiazole rings is 1. The fraction of sp³-hybridized carbons (Fsp3) is 0.389. The van der Waals surface area contributed by atoms with Crippen molar-refractivity contribution in [1.82, 2.24) is 20.0 Å². The van der Waals surface area contributed by atoms with E-state index in [1.165, 1.54) is 10.9 Å². The lowest BCUT2D eigenvalue weighted by molar-refractivity contribution is 0.213. The molecule has 0 aliphatic heterocycles. The Morgan fingerprint density at radius 3 is 2.68 bits per heavy atom. The van der Waals surface area contributed by atoms with Crippen LogP contribution in [0.3, 0.4) is 0 Å². The number of benzene rings is 1. The highest BCUT2D eigenvalue weighted by Gasteiger charge is 2.20. The van der Waals surface area contributed by atoms with Gasteiger partial charge in [0, 0.05) is 11.3 Å². The molecule has 0 unspecified atom stereocenters. The summed E-state index contributed by atoms with van der Waals surface area (Å²) >= 11 is 1.70. The first-order valence-electron chi connectivity index (χ1n) is 8.13. The van der Waals surface area contributed by atoms with Crippen LogP contribution in [0.5, 0.6) is 0 Å². The van der Waals surface area contributed by atoms with E-state index < -0.39 is 0 Å². The predicted octanol–water partition coefficient (Wildman–Crippen LogP) is 4.07. The smallest absolute Gasteiger partial charge is 0.240 e. The fourth-order valence-corrected chi connectivity index (χ4v) is 3.64. The highest BCUT2D eigenvalue weighted by molar-refractivity contribution is 7.11. The first-order chi connectivity index (χ1) is 11.9. The van der Waals surface area contributed by atoms with Crippen LogP contribution in [0, 0.1) is 19.7 Å². The van der Waals surface area contributed by atoms with Gasteiger partial charge in [-0.25, -0.2) is 9.37 Å². The highest BCUT2D eigenvalue weighted by atomic mass is 32.1. The van der Waals surface area contributed by atoms with E-state index in [1.807, 2.05) is 14.0 Å². The summed E-state index contributed by atoms with van der Waals surface area (Å²) < 4.78 is 19.1. The lowest BCUT2D eigenvalue weighted by atomic mass is 10.1. The van der Waals surface area contributed by atoms with Gasteiger partial charge in [0.15, 0.2) is 5.82 Å². The number of rotatable bonds is 6. The van der Waals surface area contributed by atoms with Crippen molar-refractivity contribution in [3.63, 3.8) is 0 Å². The minimum absolute atomic E-state index is 0.145. The summed E-state index contributed by atoms with van der Waals surface area (Å²) in [6.07, 6.45) is 0.319. The van der Waals surface area contributed by atoms with Gasteiger partial charge in [-0.15, -0.1) is 11.3 Å². The number of nitrogens with zero attached hydrogens (tertiary/aromatic N) is 4. The van der Waals surface area contributed by atoms with E-state index in [2.05, 4.69) is 33.9 Å². The normalized spacial score (nSPS) is 12.7. The molecule has 7 heteroatoms. The van der Waals surface area contributed by atoms with Crippen molar-refractivity contribution >= 4 is 11.3 Å². The van der Waals surface area contributed by atoms with Gasteiger partial charge in [0.2, 0.25) is 5.89 Å². The Kier molecular flexibility index (Phi) is 5.24. The molecule has 2 aromatic heterocycles. The average Bonchev–Trinajstić information content (AvgIpc) is 3.14. The Balaban J connectivity index is 1.66. The van der Waals surface area contributed by atoms with Crippen molar-refractivity contribution < 1.29 is 8.91 Å². The molecule has 0 spiro atoms. The maximum absolute atomic E-state index is 13.7. The molecule has 1 atom stereocenters. The molecule has 0 bridgehead atoms. The van der Waals surface area contributed by atoms with Crippen molar-refractivity contribution in [3.8, 4) is 0 Å². The van der Waals surface area contributed by atoms with Gasteiger partial charge in [0.1, 0.15) is 5.82 Å². The second-order valence-electron chi connectivity index (χ2n) is 6.14. The van der Waals surface area contributed by atoms with E-state index >= 15 is 0 Å².